The maximum atomic E-state index is 13.6. The lowest BCUT2D eigenvalue weighted by Gasteiger charge is -2.21. The molecule has 1 saturated heterocycles. The zero-order valence-corrected chi connectivity index (χ0v) is 23.0. The van der Waals surface area contributed by atoms with Crippen molar-refractivity contribution >= 4 is 57.3 Å². The smallest absolute Gasteiger partial charge is 0.267 e. The molecule has 0 bridgehead atoms. The maximum Gasteiger partial charge on any atom is 0.267 e. The van der Waals surface area contributed by atoms with Crippen molar-refractivity contribution in [1.82, 2.24) is 10.2 Å². The molecule has 2 aliphatic rings. The Hall–Kier alpha value is -2.97. The molecule has 37 heavy (non-hydrogen) atoms. The third kappa shape index (κ3) is 6.13. The average molecular weight is 536 g/mol. The number of hydrogen-bond acceptors (Lipinski definition) is 5. The lowest BCUT2D eigenvalue weighted by Crippen LogP contribution is -2.39. The van der Waals surface area contributed by atoms with Gasteiger partial charge in [-0.25, -0.2) is 0 Å². The van der Waals surface area contributed by atoms with Crippen molar-refractivity contribution in [2.45, 2.75) is 46.0 Å². The van der Waals surface area contributed by atoms with E-state index in [0.29, 0.717) is 51.5 Å². The first-order chi connectivity index (χ1) is 17.9. The Morgan fingerprint density at radius 1 is 1.00 bits per heavy atom. The Bertz CT molecular complexity index is 1210. The van der Waals surface area contributed by atoms with Gasteiger partial charge in [-0.1, -0.05) is 106 Å². The van der Waals surface area contributed by atoms with Gasteiger partial charge in [0.05, 0.1) is 16.2 Å². The summed E-state index contributed by atoms with van der Waals surface area (Å²) in [5, 5.41) is 2.91. The zero-order chi connectivity index (χ0) is 26.4. The standard InChI is InChI=1S/C29H33N3O3S2/c1-3-5-11-20(4-2)18-32-28(35)26(37-29(32)36)25-22-14-9-10-15-23(22)31(27(25)34)19-24(33)30-17-16-21-12-7-6-8-13-21/h6-10,12-15,20H,3-5,11,16-19H2,1-2H3,(H,30,33). The van der Waals surface area contributed by atoms with Crippen LogP contribution in [0.3, 0.4) is 0 Å². The van der Waals surface area contributed by atoms with Crippen LogP contribution in [0.5, 0.6) is 0 Å². The fourth-order valence-corrected chi connectivity index (χ4v) is 6.08. The Labute approximate surface area is 228 Å². The Morgan fingerprint density at radius 3 is 2.46 bits per heavy atom. The van der Waals surface area contributed by atoms with Crippen molar-refractivity contribution in [3.8, 4) is 0 Å². The molecule has 6 nitrogen and oxygen atoms in total. The second-order valence-corrected chi connectivity index (χ2v) is 11.0. The summed E-state index contributed by atoms with van der Waals surface area (Å²) in [4.78, 5) is 43.4. The third-order valence-electron chi connectivity index (χ3n) is 6.86. The molecule has 0 spiro atoms. The summed E-state index contributed by atoms with van der Waals surface area (Å²) in [6, 6.07) is 17.2. The summed E-state index contributed by atoms with van der Waals surface area (Å²) in [5.41, 5.74) is 2.78. The highest BCUT2D eigenvalue weighted by molar-refractivity contribution is 8.26. The number of para-hydroxylation sites is 1. The van der Waals surface area contributed by atoms with E-state index in [2.05, 4.69) is 19.2 Å². The molecule has 0 aromatic heterocycles. The fourth-order valence-electron chi connectivity index (χ4n) is 4.73. The maximum absolute atomic E-state index is 13.6. The van der Waals surface area contributed by atoms with Crippen LogP contribution in [0.1, 0.15) is 50.7 Å². The largest absolute Gasteiger partial charge is 0.354 e. The molecule has 1 N–H and O–H groups in total. The number of thiocarbonyl (C=S) groups is 1. The van der Waals surface area contributed by atoms with Crippen LogP contribution < -0.4 is 10.2 Å². The van der Waals surface area contributed by atoms with Gasteiger partial charge < -0.3 is 5.32 Å². The van der Waals surface area contributed by atoms with Crippen LogP contribution in [0.2, 0.25) is 0 Å². The number of anilines is 1. The van der Waals surface area contributed by atoms with Crippen molar-refractivity contribution < 1.29 is 14.4 Å². The molecule has 4 rings (SSSR count). The molecular formula is C29H33N3O3S2. The van der Waals surface area contributed by atoms with E-state index in [4.69, 9.17) is 12.2 Å². The van der Waals surface area contributed by atoms with Gasteiger partial charge in [-0.2, -0.15) is 0 Å². The van der Waals surface area contributed by atoms with Gasteiger partial charge in [-0.15, -0.1) is 0 Å². The highest BCUT2D eigenvalue weighted by Crippen LogP contribution is 2.44. The number of benzene rings is 2. The lowest BCUT2D eigenvalue weighted by atomic mass is 9.98. The second-order valence-electron chi connectivity index (χ2n) is 9.40. The van der Waals surface area contributed by atoms with Crippen LogP contribution in [0.4, 0.5) is 5.69 Å². The van der Waals surface area contributed by atoms with Crippen molar-refractivity contribution in [3.63, 3.8) is 0 Å². The van der Waals surface area contributed by atoms with Crippen LogP contribution in [0.15, 0.2) is 59.5 Å². The molecule has 3 amide bonds. The molecule has 194 valence electrons. The molecule has 2 aliphatic heterocycles. The first-order valence-corrected chi connectivity index (χ1v) is 14.2. The number of rotatable bonds is 11. The van der Waals surface area contributed by atoms with E-state index in [9.17, 15) is 14.4 Å². The van der Waals surface area contributed by atoms with Gasteiger partial charge in [0.25, 0.3) is 11.8 Å². The first kappa shape index (κ1) is 27.1. The Morgan fingerprint density at radius 2 is 1.73 bits per heavy atom. The van der Waals surface area contributed by atoms with Crippen molar-refractivity contribution in [3.05, 3.63) is 70.6 Å². The normalized spacial score (nSPS) is 17.9. The number of nitrogens with one attached hydrogen (secondary N) is 1. The number of nitrogens with zero attached hydrogens (tertiary/aromatic N) is 2. The lowest BCUT2D eigenvalue weighted by molar-refractivity contribution is -0.123. The number of amides is 3. The van der Waals surface area contributed by atoms with Gasteiger partial charge in [0.15, 0.2) is 0 Å². The van der Waals surface area contributed by atoms with E-state index in [0.717, 1.165) is 31.2 Å². The van der Waals surface area contributed by atoms with E-state index in [1.807, 2.05) is 54.6 Å². The summed E-state index contributed by atoms with van der Waals surface area (Å²) in [7, 11) is 0. The molecule has 2 aromatic rings. The first-order valence-electron chi connectivity index (χ1n) is 12.9. The SMILES string of the molecule is CCCCC(CC)CN1C(=O)C(=C2C(=O)N(CC(=O)NCCc3ccccc3)c3ccccc32)SC1=S. The predicted molar refractivity (Wildman–Crippen MR) is 154 cm³/mol. The molecule has 1 fully saturated rings. The minimum absolute atomic E-state index is 0.108. The molecule has 8 heteroatoms. The van der Waals surface area contributed by atoms with E-state index in [-0.39, 0.29) is 24.3 Å². The van der Waals surface area contributed by atoms with Gasteiger partial charge in [-0.3, -0.25) is 24.2 Å². The molecule has 0 aliphatic carbocycles. The van der Waals surface area contributed by atoms with Crippen LogP contribution in [0, 0.1) is 5.92 Å². The molecule has 0 saturated carbocycles. The molecule has 2 aromatic carbocycles. The molecule has 0 radical (unpaired) electrons. The van der Waals surface area contributed by atoms with E-state index >= 15 is 0 Å². The van der Waals surface area contributed by atoms with Crippen molar-refractivity contribution in [2.24, 2.45) is 5.92 Å². The number of carbonyl (C=O) groups is 3. The predicted octanol–water partition coefficient (Wildman–Crippen LogP) is 5.18. The molecular weight excluding hydrogens is 502 g/mol. The summed E-state index contributed by atoms with van der Waals surface area (Å²) >= 11 is 6.77. The zero-order valence-electron chi connectivity index (χ0n) is 21.4. The van der Waals surface area contributed by atoms with Gasteiger partial charge in [0.2, 0.25) is 5.91 Å². The topological polar surface area (TPSA) is 69.7 Å². The van der Waals surface area contributed by atoms with E-state index in [1.165, 1.54) is 16.7 Å². The van der Waals surface area contributed by atoms with Gasteiger partial charge in [-0.05, 0) is 30.4 Å². The summed E-state index contributed by atoms with van der Waals surface area (Å²) in [6.45, 7) is 5.24. The number of thioether (sulfide) groups is 1. The summed E-state index contributed by atoms with van der Waals surface area (Å²) in [6.07, 6.45) is 4.95. The van der Waals surface area contributed by atoms with Gasteiger partial charge in [0.1, 0.15) is 10.9 Å². The number of carbonyl (C=O) groups excluding carboxylic acids is 3. The third-order valence-corrected chi connectivity index (χ3v) is 8.31. The van der Waals surface area contributed by atoms with Gasteiger partial charge in [0, 0.05) is 18.7 Å². The van der Waals surface area contributed by atoms with Crippen LogP contribution in [-0.4, -0.2) is 46.6 Å². The number of unbranched alkanes of at least 4 members (excludes halogenated alkanes) is 1. The Kier molecular flexibility index (Phi) is 9.16. The number of hydrogen-bond donors (Lipinski definition) is 1. The second kappa shape index (κ2) is 12.5. The van der Waals surface area contributed by atoms with E-state index < -0.39 is 0 Å². The molecule has 2 heterocycles. The minimum atomic E-state index is -0.335. The fraction of sp³-hybridized carbons (Fsp3) is 0.379. The highest BCUT2D eigenvalue weighted by atomic mass is 32.2. The minimum Gasteiger partial charge on any atom is -0.354 e. The quantitative estimate of drug-likeness (QED) is 0.317. The van der Waals surface area contributed by atoms with Crippen molar-refractivity contribution in [2.75, 3.05) is 24.5 Å². The average Bonchev–Trinajstić information content (AvgIpc) is 3.33. The van der Waals surface area contributed by atoms with Crippen LogP contribution >= 0.6 is 24.0 Å². The summed E-state index contributed by atoms with van der Waals surface area (Å²) in [5.74, 6) is -0.417. The van der Waals surface area contributed by atoms with Crippen molar-refractivity contribution in [1.29, 1.82) is 0 Å². The van der Waals surface area contributed by atoms with Gasteiger partial charge >= 0.3 is 0 Å². The Balaban J connectivity index is 1.50. The van der Waals surface area contributed by atoms with Crippen LogP contribution in [0.25, 0.3) is 5.57 Å². The molecule has 1 atom stereocenters. The van der Waals surface area contributed by atoms with E-state index in [1.54, 1.807) is 4.90 Å². The molecule has 1 unspecified atom stereocenters. The highest BCUT2D eigenvalue weighted by Gasteiger charge is 2.42. The summed E-state index contributed by atoms with van der Waals surface area (Å²) < 4.78 is 0.491. The monoisotopic (exact) mass is 535 g/mol. The number of fused-ring (bicyclic) bond motifs is 1. The van der Waals surface area contributed by atoms with Crippen LogP contribution in [-0.2, 0) is 20.8 Å².